The highest BCUT2D eigenvalue weighted by atomic mass is 16.5. The predicted molar refractivity (Wildman–Crippen MR) is 96.0 cm³/mol. The molecule has 4 heteroatoms. The number of carbonyl (C=O) groups is 1. The smallest absolute Gasteiger partial charge is 0.316 e. The molecule has 1 atom stereocenters. The zero-order valence-corrected chi connectivity index (χ0v) is 14.2. The van der Waals surface area contributed by atoms with Gasteiger partial charge in [0, 0.05) is 11.1 Å². The number of aryl methyl sites for hydroxylation is 1. The fourth-order valence-corrected chi connectivity index (χ4v) is 2.31. The van der Waals surface area contributed by atoms with Gasteiger partial charge in [-0.1, -0.05) is 47.7 Å². The zero-order valence-electron chi connectivity index (χ0n) is 14.2. The Bertz CT molecular complexity index is 745. The molecule has 0 aliphatic carbocycles. The molecule has 4 nitrogen and oxygen atoms in total. The van der Waals surface area contributed by atoms with E-state index in [1.54, 1.807) is 7.11 Å². The van der Waals surface area contributed by atoms with Gasteiger partial charge >= 0.3 is 6.03 Å². The third kappa shape index (κ3) is 5.06. The summed E-state index contributed by atoms with van der Waals surface area (Å²) in [6.45, 7) is 4.22. The summed E-state index contributed by atoms with van der Waals surface area (Å²) >= 11 is 0. The largest absolute Gasteiger partial charge is 0.496 e. The van der Waals surface area contributed by atoms with Crippen molar-refractivity contribution in [3.05, 3.63) is 65.2 Å². The van der Waals surface area contributed by atoms with E-state index in [2.05, 4.69) is 22.5 Å². The molecule has 124 valence electrons. The quantitative estimate of drug-likeness (QED) is 0.848. The molecule has 0 bridgehead atoms. The number of hydrogen-bond acceptors (Lipinski definition) is 2. The highest BCUT2D eigenvalue weighted by Gasteiger charge is 2.13. The van der Waals surface area contributed by atoms with Crippen LogP contribution in [0, 0.1) is 18.8 Å². The predicted octanol–water partition coefficient (Wildman–Crippen LogP) is 3.42. The summed E-state index contributed by atoms with van der Waals surface area (Å²) in [7, 11) is 1.63. The standard InChI is InChI=1S/C20H22N2O2/c1-15-11-12-19(24-3)18(14-15)16(2)22-20(23)21-13-7-10-17-8-5-4-6-9-17/h4-6,8-9,11-12,14,16H,13H2,1-3H3,(H2,21,22,23). The van der Waals surface area contributed by atoms with Crippen molar-refractivity contribution in [2.24, 2.45) is 0 Å². The molecular formula is C20H22N2O2. The average molecular weight is 322 g/mol. The Hall–Kier alpha value is -2.93. The van der Waals surface area contributed by atoms with Gasteiger partial charge in [0.1, 0.15) is 5.75 Å². The van der Waals surface area contributed by atoms with Gasteiger partial charge in [-0.2, -0.15) is 0 Å². The van der Waals surface area contributed by atoms with Crippen LogP contribution in [0.3, 0.4) is 0 Å². The number of methoxy groups -OCH3 is 1. The number of amides is 2. The second-order valence-corrected chi connectivity index (χ2v) is 5.46. The molecule has 0 heterocycles. The maximum Gasteiger partial charge on any atom is 0.316 e. The first-order chi connectivity index (χ1) is 11.6. The van der Waals surface area contributed by atoms with Crippen molar-refractivity contribution in [3.63, 3.8) is 0 Å². The fraction of sp³-hybridized carbons (Fsp3) is 0.250. The van der Waals surface area contributed by atoms with E-state index in [-0.39, 0.29) is 12.1 Å². The molecule has 0 fully saturated rings. The number of nitrogens with one attached hydrogen (secondary N) is 2. The molecule has 0 spiro atoms. The van der Waals surface area contributed by atoms with E-state index in [1.807, 2.05) is 62.4 Å². The van der Waals surface area contributed by atoms with Crippen molar-refractivity contribution in [1.29, 1.82) is 0 Å². The molecule has 2 aromatic carbocycles. The summed E-state index contributed by atoms with van der Waals surface area (Å²) in [5, 5.41) is 5.64. The summed E-state index contributed by atoms with van der Waals surface area (Å²) in [5.74, 6) is 6.69. The molecule has 2 aromatic rings. The van der Waals surface area contributed by atoms with Crippen LogP contribution in [-0.4, -0.2) is 19.7 Å². The third-order valence-electron chi connectivity index (χ3n) is 3.54. The highest BCUT2D eigenvalue weighted by molar-refractivity contribution is 5.74. The van der Waals surface area contributed by atoms with E-state index in [0.29, 0.717) is 6.54 Å². The number of ether oxygens (including phenoxy) is 1. The van der Waals surface area contributed by atoms with Gasteiger partial charge in [0.15, 0.2) is 0 Å². The van der Waals surface area contributed by atoms with E-state index in [4.69, 9.17) is 4.74 Å². The van der Waals surface area contributed by atoms with Crippen LogP contribution in [0.1, 0.15) is 29.7 Å². The Morgan fingerprint density at radius 3 is 2.67 bits per heavy atom. The monoisotopic (exact) mass is 322 g/mol. The van der Waals surface area contributed by atoms with Gasteiger partial charge in [0.25, 0.3) is 0 Å². The minimum Gasteiger partial charge on any atom is -0.496 e. The molecule has 0 aliphatic heterocycles. The van der Waals surface area contributed by atoms with E-state index in [1.165, 1.54) is 0 Å². The van der Waals surface area contributed by atoms with Gasteiger partial charge in [-0.25, -0.2) is 4.79 Å². The maximum atomic E-state index is 12.0. The van der Waals surface area contributed by atoms with Gasteiger partial charge in [-0.3, -0.25) is 0 Å². The number of carbonyl (C=O) groups excluding carboxylic acids is 1. The Morgan fingerprint density at radius 2 is 1.96 bits per heavy atom. The highest BCUT2D eigenvalue weighted by Crippen LogP contribution is 2.25. The van der Waals surface area contributed by atoms with Gasteiger partial charge in [0.2, 0.25) is 0 Å². The third-order valence-corrected chi connectivity index (χ3v) is 3.54. The van der Waals surface area contributed by atoms with Gasteiger partial charge < -0.3 is 15.4 Å². The van der Waals surface area contributed by atoms with E-state index in [0.717, 1.165) is 22.4 Å². The first kappa shape index (κ1) is 17.4. The summed E-state index contributed by atoms with van der Waals surface area (Å²) < 4.78 is 5.36. The van der Waals surface area contributed by atoms with Crippen molar-refractivity contribution in [2.75, 3.05) is 13.7 Å². The van der Waals surface area contributed by atoms with Gasteiger partial charge in [0.05, 0.1) is 19.7 Å². The lowest BCUT2D eigenvalue weighted by Crippen LogP contribution is -2.37. The lowest BCUT2D eigenvalue weighted by atomic mass is 10.0. The lowest BCUT2D eigenvalue weighted by molar-refractivity contribution is 0.239. The first-order valence-corrected chi connectivity index (χ1v) is 7.83. The second kappa shape index (κ2) is 8.64. The molecule has 1 unspecified atom stereocenters. The van der Waals surface area contributed by atoms with Crippen LogP contribution < -0.4 is 15.4 Å². The lowest BCUT2D eigenvalue weighted by Gasteiger charge is -2.18. The summed E-state index contributed by atoms with van der Waals surface area (Å²) in [5.41, 5.74) is 2.99. The van der Waals surface area contributed by atoms with Crippen molar-refractivity contribution in [1.82, 2.24) is 10.6 Å². The number of hydrogen-bond donors (Lipinski definition) is 2. The van der Waals surface area contributed by atoms with Crippen LogP contribution in [-0.2, 0) is 0 Å². The summed E-state index contributed by atoms with van der Waals surface area (Å²) in [6, 6.07) is 15.1. The van der Waals surface area contributed by atoms with E-state index in [9.17, 15) is 4.79 Å². The summed E-state index contributed by atoms with van der Waals surface area (Å²) in [6.07, 6.45) is 0. The van der Waals surface area contributed by atoms with Crippen LogP contribution in [0.4, 0.5) is 4.79 Å². The number of urea groups is 1. The second-order valence-electron chi connectivity index (χ2n) is 5.46. The zero-order chi connectivity index (χ0) is 17.4. The van der Waals surface area contributed by atoms with Crippen molar-refractivity contribution < 1.29 is 9.53 Å². The molecule has 0 saturated carbocycles. The Morgan fingerprint density at radius 1 is 1.21 bits per heavy atom. The Kier molecular flexibility index (Phi) is 6.27. The molecule has 2 amide bonds. The molecule has 2 rings (SSSR count). The van der Waals surface area contributed by atoms with Gasteiger partial charge in [-0.15, -0.1) is 0 Å². The molecular weight excluding hydrogens is 300 g/mol. The van der Waals surface area contributed by atoms with Gasteiger partial charge in [-0.05, 0) is 32.0 Å². The first-order valence-electron chi connectivity index (χ1n) is 7.83. The van der Waals surface area contributed by atoms with Crippen LogP contribution in [0.25, 0.3) is 0 Å². The summed E-state index contributed by atoms with van der Waals surface area (Å²) in [4.78, 5) is 12.0. The van der Waals surface area contributed by atoms with Crippen molar-refractivity contribution >= 4 is 6.03 Å². The van der Waals surface area contributed by atoms with Crippen LogP contribution in [0.2, 0.25) is 0 Å². The van der Waals surface area contributed by atoms with E-state index >= 15 is 0 Å². The minimum atomic E-state index is -0.256. The minimum absolute atomic E-state index is 0.165. The molecule has 0 saturated heterocycles. The normalized spacial score (nSPS) is 11.0. The molecule has 0 aromatic heterocycles. The number of benzene rings is 2. The number of rotatable bonds is 4. The van der Waals surface area contributed by atoms with Crippen molar-refractivity contribution in [3.8, 4) is 17.6 Å². The SMILES string of the molecule is COc1ccc(C)cc1C(C)NC(=O)NCC#Cc1ccccc1. The molecule has 2 N–H and O–H groups in total. The van der Waals surface area contributed by atoms with E-state index < -0.39 is 0 Å². The topological polar surface area (TPSA) is 50.4 Å². The maximum absolute atomic E-state index is 12.0. The average Bonchev–Trinajstić information content (AvgIpc) is 2.59. The molecule has 0 aliphatic rings. The van der Waals surface area contributed by atoms with Crippen LogP contribution >= 0.6 is 0 Å². The fourth-order valence-electron chi connectivity index (χ4n) is 2.31. The van der Waals surface area contributed by atoms with Crippen LogP contribution in [0.5, 0.6) is 5.75 Å². The Balaban J connectivity index is 1.88. The van der Waals surface area contributed by atoms with Crippen LogP contribution in [0.15, 0.2) is 48.5 Å². The molecule has 24 heavy (non-hydrogen) atoms. The molecule has 0 radical (unpaired) electrons. The Labute approximate surface area is 143 Å². The van der Waals surface area contributed by atoms with Crippen molar-refractivity contribution in [2.45, 2.75) is 19.9 Å².